The highest BCUT2D eigenvalue weighted by atomic mass is 127. The second kappa shape index (κ2) is 5.59. The Balaban J connectivity index is 2.59. The zero-order chi connectivity index (χ0) is 9.68. The molecule has 13 heavy (non-hydrogen) atoms. The van der Waals surface area contributed by atoms with Crippen molar-refractivity contribution in [3.8, 4) is 5.75 Å². The number of rotatable bonds is 4. The molecule has 4 heteroatoms. The Morgan fingerprint density at radius 1 is 1.46 bits per heavy atom. The Morgan fingerprint density at radius 3 is 2.92 bits per heavy atom. The van der Waals surface area contributed by atoms with E-state index in [9.17, 15) is 4.39 Å². The summed E-state index contributed by atoms with van der Waals surface area (Å²) < 4.78 is 19.1. The van der Waals surface area contributed by atoms with E-state index in [1.165, 1.54) is 12.1 Å². The molecule has 69 valence electrons. The number of halogens is 2. The van der Waals surface area contributed by atoms with Crippen LogP contribution in [0.2, 0.25) is 6.04 Å². The van der Waals surface area contributed by atoms with Gasteiger partial charge in [-0.15, -0.1) is 0 Å². The fourth-order valence-corrected chi connectivity index (χ4v) is 1.48. The number of hydrogen-bond donors (Lipinski definition) is 0. The molecule has 0 spiro atoms. The Kier molecular flexibility index (Phi) is 4.72. The van der Waals surface area contributed by atoms with Crippen LogP contribution in [0.25, 0.3) is 0 Å². The quantitative estimate of drug-likeness (QED) is 0.472. The SMILES string of the molecule is Fc1ccc(I)c(OCCC[Si])c1. The van der Waals surface area contributed by atoms with Gasteiger partial charge >= 0.3 is 0 Å². The van der Waals surface area contributed by atoms with Gasteiger partial charge < -0.3 is 4.74 Å². The first-order chi connectivity index (χ1) is 6.24. The molecule has 0 atom stereocenters. The predicted octanol–water partition coefficient (Wildman–Crippen LogP) is 2.79. The van der Waals surface area contributed by atoms with E-state index < -0.39 is 0 Å². The van der Waals surface area contributed by atoms with Crippen molar-refractivity contribution in [2.24, 2.45) is 0 Å². The minimum Gasteiger partial charge on any atom is -0.492 e. The lowest BCUT2D eigenvalue weighted by Gasteiger charge is -2.06. The molecule has 0 unspecified atom stereocenters. The molecule has 1 aromatic rings. The third kappa shape index (κ3) is 3.64. The first-order valence-electron chi connectivity index (χ1n) is 3.96. The van der Waals surface area contributed by atoms with Gasteiger partial charge in [-0.2, -0.15) is 0 Å². The molecule has 1 nitrogen and oxygen atoms in total. The van der Waals surface area contributed by atoms with Gasteiger partial charge in [0, 0.05) is 16.3 Å². The van der Waals surface area contributed by atoms with Gasteiger partial charge in [-0.1, -0.05) is 6.04 Å². The topological polar surface area (TPSA) is 9.23 Å². The highest BCUT2D eigenvalue weighted by molar-refractivity contribution is 14.1. The van der Waals surface area contributed by atoms with Crippen molar-refractivity contribution in [1.82, 2.24) is 0 Å². The zero-order valence-electron chi connectivity index (χ0n) is 7.02. The minimum absolute atomic E-state index is 0.256. The molecule has 3 radical (unpaired) electrons. The van der Waals surface area contributed by atoms with Gasteiger partial charge in [0.1, 0.15) is 11.6 Å². The third-order valence-electron chi connectivity index (χ3n) is 1.47. The van der Waals surface area contributed by atoms with Gasteiger partial charge in [0.05, 0.1) is 10.2 Å². The molecule has 1 aromatic carbocycles. The summed E-state index contributed by atoms with van der Waals surface area (Å²) in [5.41, 5.74) is 0. The van der Waals surface area contributed by atoms with Gasteiger partial charge in [0.2, 0.25) is 0 Å². The van der Waals surface area contributed by atoms with E-state index in [4.69, 9.17) is 4.74 Å². The molecule has 0 bridgehead atoms. The van der Waals surface area contributed by atoms with Crippen LogP contribution in [0.15, 0.2) is 18.2 Å². The van der Waals surface area contributed by atoms with E-state index in [0.717, 1.165) is 16.0 Å². The maximum Gasteiger partial charge on any atom is 0.135 e. The second-order valence-corrected chi connectivity index (χ2v) is 4.19. The fourth-order valence-electron chi connectivity index (χ4n) is 0.842. The molecule has 0 N–H and O–H groups in total. The molecule has 0 saturated heterocycles. The van der Waals surface area contributed by atoms with Crippen molar-refractivity contribution >= 4 is 32.8 Å². The summed E-state index contributed by atoms with van der Waals surface area (Å²) in [6.07, 6.45) is 0.920. The zero-order valence-corrected chi connectivity index (χ0v) is 10.2. The van der Waals surface area contributed by atoms with E-state index >= 15 is 0 Å². The molecule has 1 rings (SSSR count). The summed E-state index contributed by atoms with van der Waals surface area (Å²) in [6, 6.07) is 5.44. The highest BCUT2D eigenvalue weighted by Gasteiger charge is 2.01. The maximum atomic E-state index is 12.8. The summed E-state index contributed by atoms with van der Waals surface area (Å²) in [6.45, 7) is 0.614. The van der Waals surface area contributed by atoms with Crippen molar-refractivity contribution in [2.45, 2.75) is 12.5 Å². The Labute approximate surface area is 94.2 Å². The Morgan fingerprint density at radius 2 is 2.23 bits per heavy atom. The lowest BCUT2D eigenvalue weighted by molar-refractivity contribution is 0.313. The van der Waals surface area contributed by atoms with Gasteiger partial charge in [-0.3, -0.25) is 0 Å². The maximum absolute atomic E-state index is 12.8. The van der Waals surface area contributed by atoms with Gasteiger partial charge in [-0.25, -0.2) is 4.39 Å². The Hall–Kier alpha value is -0.103. The van der Waals surface area contributed by atoms with E-state index in [-0.39, 0.29) is 5.82 Å². The number of hydrogen-bond acceptors (Lipinski definition) is 1. The fraction of sp³-hybridized carbons (Fsp3) is 0.333. The van der Waals surface area contributed by atoms with E-state index in [1.807, 2.05) is 0 Å². The predicted molar refractivity (Wildman–Crippen MR) is 59.8 cm³/mol. The normalized spacial score (nSPS) is 10.1. The monoisotopic (exact) mass is 307 g/mol. The summed E-state index contributed by atoms with van der Waals surface area (Å²) in [5, 5.41) is 0. The van der Waals surface area contributed by atoms with Crippen LogP contribution in [0.1, 0.15) is 6.42 Å². The highest BCUT2D eigenvalue weighted by Crippen LogP contribution is 2.21. The average molecular weight is 307 g/mol. The third-order valence-corrected chi connectivity index (χ3v) is 2.72. The van der Waals surface area contributed by atoms with Crippen LogP contribution in [0.5, 0.6) is 5.75 Å². The average Bonchev–Trinajstić information content (AvgIpc) is 2.11. The molecule has 0 fully saturated rings. The number of benzene rings is 1. The first kappa shape index (κ1) is 11.0. The molecule has 0 heterocycles. The Bertz CT molecular complexity index is 280. The van der Waals surface area contributed by atoms with Gasteiger partial charge in [-0.05, 0) is 41.1 Å². The summed E-state index contributed by atoms with van der Waals surface area (Å²) in [4.78, 5) is 0. The van der Waals surface area contributed by atoms with Gasteiger partial charge in [0.25, 0.3) is 0 Å². The lowest BCUT2D eigenvalue weighted by Crippen LogP contribution is -1.98. The summed E-state index contributed by atoms with van der Waals surface area (Å²) in [5.74, 6) is 0.370. The van der Waals surface area contributed by atoms with Crippen molar-refractivity contribution in [3.05, 3.63) is 27.6 Å². The summed E-state index contributed by atoms with van der Waals surface area (Å²) >= 11 is 2.12. The van der Waals surface area contributed by atoms with Crippen LogP contribution < -0.4 is 4.74 Å². The van der Waals surface area contributed by atoms with E-state index in [2.05, 4.69) is 32.8 Å². The standard InChI is InChI=1S/C9H9FIOSi/c10-7-2-3-8(11)9(6-7)12-4-1-5-13/h2-3,6H,1,4-5H2. The van der Waals surface area contributed by atoms with Gasteiger partial charge in [0.15, 0.2) is 0 Å². The smallest absolute Gasteiger partial charge is 0.135 e. The van der Waals surface area contributed by atoms with Crippen LogP contribution in [0, 0.1) is 9.39 Å². The van der Waals surface area contributed by atoms with E-state index in [0.29, 0.717) is 12.4 Å². The molecule has 0 saturated carbocycles. The molecular formula is C9H9FIOSi. The molecule has 0 aliphatic carbocycles. The molecule has 0 aliphatic heterocycles. The lowest BCUT2D eigenvalue weighted by atomic mass is 10.3. The molecular weight excluding hydrogens is 298 g/mol. The van der Waals surface area contributed by atoms with Crippen LogP contribution in [0.4, 0.5) is 4.39 Å². The first-order valence-corrected chi connectivity index (χ1v) is 5.75. The van der Waals surface area contributed by atoms with Crippen molar-refractivity contribution in [3.63, 3.8) is 0 Å². The molecule has 0 amide bonds. The van der Waals surface area contributed by atoms with Crippen LogP contribution in [-0.4, -0.2) is 16.8 Å². The van der Waals surface area contributed by atoms with E-state index in [1.54, 1.807) is 6.07 Å². The molecule has 0 aromatic heterocycles. The van der Waals surface area contributed by atoms with Crippen molar-refractivity contribution in [1.29, 1.82) is 0 Å². The van der Waals surface area contributed by atoms with Crippen LogP contribution in [-0.2, 0) is 0 Å². The second-order valence-electron chi connectivity index (χ2n) is 2.53. The summed E-state index contributed by atoms with van der Waals surface area (Å²) in [7, 11) is 3.34. The minimum atomic E-state index is -0.256. The number of ether oxygens (including phenoxy) is 1. The van der Waals surface area contributed by atoms with Crippen LogP contribution >= 0.6 is 22.6 Å². The largest absolute Gasteiger partial charge is 0.492 e. The van der Waals surface area contributed by atoms with Crippen LogP contribution in [0.3, 0.4) is 0 Å². The van der Waals surface area contributed by atoms with Crippen molar-refractivity contribution in [2.75, 3.05) is 6.61 Å². The van der Waals surface area contributed by atoms with Crippen molar-refractivity contribution < 1.29 is 9.13 Å². The molecule has 0 aliphatic rings.